The van der Waals surface area contributed by atoms with Crippen LogP contribution in [0.15, 0.2) is 194 Å². The molecule has 0 saturated heterocycles. The summed E-state index contributed by atoms with van der Waals surface area (Å²) in [4.78, 5) is 5.06. The van der Waals surface area contributed by atoms with Gasteiger partial charge in [-0.3, -0.25) is 0 Å². The molecule has 0 bridgehead atoms. The molecule has 3 aliphatic rings. The summed E-state index contributed by atoms with van der Waals surface area (Å²) in [6.07, 6.45) is 4.66. The molecule has 69 heavy (non-hydrogen) atoms. The third kappa shape index (κ3) is 5.53. The summed E-state index contributed by atoms with van der Waals surface area (Å²) in [5, 5.41) is 16.4. The lowest BCUT2D eigenvalue weighted by atomic mass is 9.81. The summed E-state index contributed by atoms with van der Waals surface area (Å²) in [5.41, 5.74) is 15.4. The van der Waals surface area contributed by atoms with Gasteiger partial charge in [0.25, 0.3) is 0 Å². The van der Waals surface area contributed by atoms with E-state index in [9.17, 15) is 0 Å². The quantitative estimate of drug-likeness (QED) is 0.0751. The number of hydrogen-bond acceptors (Lipinski definition) is 2. The number of benzene rings is 11. The molecule has 1 aliphatic carbocycles. The van der Waals surface area contributed by atoms with Crippen molar-refractivity contribution in [1.82, 2.24) is 0 Å². The third-order valence-corrected chi connectivity index (χ3v) is 23.7. The van der Waals surface area contributed by atoms with Gasteiger partial charge in [-0.15, -0.1) is 0 Å². The Kier molecular flexibility index (Phi) is 8.39. The SMILES string of the molecule is CC1(C)c2cc(/C=C/c3ccc4c5cccc6c(N7c8ccccc8[Si](C)(C)c8ccccc87)ccc(c7cccc3c47)c65)ccc2-c2ccc(N3c4ccccc4[Si](C)(C)c4ccccc43)cc21. The predicted molar refractivity (Wildman–Crippen MR) is 303 cm³/mol. The van der Waals surface area contributed by atoms with Crippen LogP contribution in [-0.2, 0) is 5.41 Å². The first-order valence-electron chi connectivity index (χ1n) is 24.6. The van der Waals surface area contributed by atoms with Crippen molar-refractivity contribution in [1.29, 1.82) is 0 Å². The standard InChI is InChI=1S/C65H52N2Si2/c1-65(2)52-39-41(30-34-45(52)46-36-33-43(40-53(46)65)66-55-21-7-11-25-59(55)68(3,4)60-26-12-8-22-56(60)66)29-31-42-32-35-49-48-19-16-20-51-54(38-37-50(64(48)51)47-18-15-17-44(42)63(47)49)67-57-23-9-13-27-61(57)69(5,6)62-28-14-10-24-58(62)67/h7-40H,1-6H3/b31-29+. The van der Waals surface area contributed by atoms with Gasteiger partial charge in [0.2, 0.25) is 0 Å². The number of fused-ring (bicyclic) bond motifs is 9. The van der Waals surface area contributed by atoms with Gasteiger partial charge in [-0.05, 0) is 134 Å². The van der Waals surface area contributed by atoms with Crippen molar-refractivity contribution in [3.63, 3.8) is 0 Å². The van der Waals surface area contributed by atoms with Gasteiger partial charge in [0.1, 0.15) is 16.1 Å². The van der Waals surface area contributed by atoms with E-state index in [1.807, 2.05) is 0 Å². The van der Waals surface area contributed by atoms with Gasteiger partial charge in [0, 0.05) is 39.2 Å². The normalized spacial score (nSPS) is 15.9. The van der Waals surface area contributed by atoms with Gasteiger partial charge in [-0.1, -0.05) is 204 Å². The second kappa shape index (κ2) is 14.3. The average Bonchev–Trinajstić information content (AvgIpc) is 3.60. The van der Waals surface area contributed by atoms with Crippen LogP contribution in [0.3, 0.4) is 0 Å². The average molecular weight is 917 g/mol. The van der Waals surface area contributed by atoms with E-state index in [2.05, 4.69) is 256 Å². The molecule has 0 unspecified atom stereocenters. The summed E-state index contributed by atoms with van der Waals surface area (Å²) >= 11 is 0. The molecule has 2 aliphatic heterocycles. The van der Waals surface area contributed by atoms with Gasteiger partial charge in [0.15, 0.2) is 0 Å². The highest BCUT2D eigenvalue weighted by molar-refractivity contribution is 7.03. The zero-order chi connectivity index (χ0) is 46.6. The molecule has 2 heterocycles. The Morgan fingerprint density at radius 2 is 0.812 bits per heavy atom. The first kappa shape index (κ1) is 40.6. The van der Waals surface area contributed by atoms with Crippen LogP contribution in [0, 0.1) is 0 Å². The highest BCUT2D eigenvalue weighted by Crippen LogP contribution is 2.52. The summed E-state index contributed by atoms with van der Waals surface area (Å²) in [6.45, 7) is 14.8. The summed E-state index contributed by atoms with van der Waals surface area (Å²) in [5.74, 6) is 0. The molecule has 11 aromatic rings. The van der Waals surface area contributed by atoms with Crippen LogP contribution < -0.4 is 30.5 Å². The van der Waals surface area contributed by atoms with E-state index < -0.39 is 16.1 Å². The number of para-hydroxylation sites is 4. The lowest BCUT2D eigenvalue weighted by Crippen LogP contribution is -2.58. The molecule has 0 saturated carbocycles. The van der Waals surface area contributed by atoms with Gasteiger partial charge in [0.05, 0.1) is 5.69 Å². The maximum absolute atomic E-state index is 2.54. The van der Waals surface area contributed by atoms with Crippen LogP contribution in [0.4, 0.5) is 34.1 Å². The van der Waals surface area contributed by atoms with E-state index in [4.69, 9.17) is 0 Å². The minimum absolute atomic E-state index is 0.166. The Labute approximate surface area is 406 Å². The molecular weight excluding hydrogens is 865 g/mol. The molecule has 0 aromatic heterocycles. The Balaban J connectivity index is 0.841. The molecule has 330 valence electrons. The van der Waals surface area contributed by atoms with Crippen molar-refractivity contribution in [2.75, 3.05) is 9.80 Å². The predicted octanol–water partition coefficient (Wildman–Crippen LogP) is 15.4. The van der Waals surface area contributed by atoms with Crippen LogP contribution in [0.1, 0.15) is 36.1 Å². The second-order valence-corrected chi connectivity index (χ2v) is 29.9. The van der Waals surface area contributed by atoms with Crippen molar-refractivity contribution in [2.24, 2.45) is 0 Å². The fourth-order valence-corrected chi connectivity index (χ4v) is 19.1. The molecule has 4 heteroatoms. The molecule has 11 aromatic carbocycles. The largest absolute Gasteiger partial charge is 0.311 e. The van der Waals surface area contributed by atoms with E-state index in [0.29, 0.717) is 0 Å². The van der Waals surface area contributed by atoms with Crippen molar-refractivity contribution in [2.45, 2.75) is 45.5 Å². The van der Waals surface area contributed by atoms with Crippen molar-refractivity contribution < 1.29 is 0 Å². The minimum atomic E-state index is -1.91. The summed E-state index contributed by atoms with van der Waals surface area (Å²) < 4.78 is 0. The van der Waals surface area contributed by atoms with Gasteiger partial charge in [-0.2, -0.15) is 0 Å². The number of anilines is 6. The van der Waals surface area contributed by atoms with Gasteiger partial charge >= 0.3 is 0 Å². The van der Waals surface area contributed by atoms with Crippen LogP contribution in [0.25, 0.3) is 66.4 Å². The fraction of sp³-hybridized carbons (Fsp3) is 0.108. The van der Waals surface area contributed by atoms with Crippen LogP contribution in [0.5, 0.6) is 0 Å². The number of hydrogen-bond donors (Lipinski definition) is 0. The first-order valence-corrected chi connectivity index (χ1v) is 30.6. The molecule has 0 fully saturated rings. The summed E-state index contributed by atoms with van der Waals surface area (Å²) in [7, 11) is -3.77. The lowest BCUT2D eigenvalue weighted by Gasteiger charge is -2.41. The Morgan fingerprint density at radius 1 is 0.362 bits per heavy atom. The van der Waals surface area contributed by atoms with Crippen LogP contribution in [0.2, 0.25) is 26.2 Å². The minimum Gasteiger partial charge on any atom is -0.311 e. The highest BCUT2D eigenvalue weighted by atomic mass is 28.3. The highest BCUT2D eigenvalue weighted by Gasteiger charge is 2.41. The van der Waals surface area contributed by atoms with Gasteiger partial charge < -0.3 is 9.80 Å². The Hall–Kier alpha value is -7.51. The van der Waals surface area contributed by atoms with E-state index in [1.54, 1.807) is 0 Å². The van der Waals surface area contributed by atoms with Crippen molar-refractivity contribution >= 4 is 126 Å². The number of nitrogens with zero attached hydrogens (tertiary/aromatic N) is 2. The van der Waals surface area contributed by atoms with E-state index in [-0.39, 0.29) is 5.41 Å². The third-order valence-electron chi connectivity index (χ3n) is 16.6. The molecule has 0 spiro atoms. The maximum atomic E-state index is 2.54. The lowest BCUT2D eigenvalue weighted by molar-refractivity contribution is 0.660. The molecule has 0 amide bonds. The molecular formula is C65H52N2Si2. The Bertz CT molecular complexity index is 3910. The van der Waals surface area contributed by atoms with Gasteiger partial charge in [-0.25, -0.2) is 0 Å². The topological polar surface area (TPSA) is 6.48 Å². The second-order valence-electron chi connectivity index (χ2n) is 21.3. The van der Waals surface area contributed by atoms with Crippen LogP contribution in [-0.4, -0.2) is 16.1 Å². The molecule has 14 rings (SSSR count). The zero-order valence-corrected chi connectivity index (χ0v) is 42.0. The van der Waals surface area contributed by atoms with E-state index in [0.717, 1.165) is 0 Å². The monoisotopic (exact) mass is 916 g/mol. The Morgan fingerprint density at radius 3 is 1.39 bits per heavy atom. The molecule has 0 radical (unpaired) electrons. The first-order chi connectivity index (χ1) is 33.5. The smallest absolute Gasteiger partial charge is 0.117 e. The van der Waals surface area contributed by atoms with E-state index in [1.165, 1.54) is 131 Å². The number of rotatable bonds is 4. The summed E-state index contributed by atoms with van der Waals surface area (Å²) in [6, 6.07) is 74.0. The fourth-order valence-electron chi connectivity index (χ4n) is 13.1. The molecule has 2 nitrogen and oxygen atoms in total. The van der Waals surface area contributed by atoms with E-state index >= 15 is 0 Å². The zero-order valence-electron chi connectivity index (χ0n) is 40.0. The van der Waals surface area contributed by atoms with Crippen molar-refractivity contribution in [3.05, 3.63) is 216 Å². The molecule has 0 N–H and O–H groups in total. The van der Waals surface area contributed by atoms with Crippen molar-refractivity contribution in [3.8, 4) is 11.1 Å². The maximum Gasteiger partial charge on any atom is 0.117 e. The van der Waals surface area contributed by atoms with Crippen LogP contribution >= 0.6 is 0 Å². The molecule has 0 atom stereocenters.